The van der Waals surface area contributed by atoms with Crippen molar-refractivity contribution < 1.29 is 23.1 Å². The summed E-state index contributed by atoms with van der Waals surface area (Å²) in [7, 11) is 0. The van der Waals surface area contributed by atoms with Gasteiger partial charge in [-0.25, -0.2) is 14.0 Å². The molecule has 0 bridgehead atoms. The van der Waals surface area contributed by atoms with E-state index in [4.69, 9.17) is 9.15 Å². The lowest BCUT2D eigenvalue weighted by molar-refractivity contribution is -0.148. The Labute approximate surface area is 172 Å². The van der Waals surface area contributed by atoms with Crippen LogP contribution in [0.2, 0.25) is 0 Å². The molecule has 0 saturated heterocycles. The van der Waals surface area contributed by atoms with Gasteiger partial charge in [0.1, 0.15) is 24.0 Å². The molecule has 1 heterocycles. The van der Waals surface area contributed by atoms with Gasteiger partial charge in [0.05, 0.1) is 5.56 Å². The largest absolute Gasteiger partial charge is 0.459 e. The molecule has 3 rings (SSSR count). The number of amides is 1. The van der Waals surface area contributed by atoms with E-state index in [1.165, 1.54) is 30.3 Å². The van der Waals surface area contributed by atoms with Crippen LogP contribution < -0.4 is 10.9 Å². The summed E-state index contributed by atoms with van der Waals surface area (Å²) in [5.41, 5.74) is 1.13. The molecule has 6 nitrogen and oxygen atoms in total. The first-order chi connectivity index (χ1) is 14.3. The SMILES string of the molecule is Cc1ccc2c(COC(=O)[C@@H](NC(=O)c3ccccc3F)C(C)C)cc(=O)oc2c1. The van der Waals surface area contributed by atoms with Crippen molar-refractivity contribution in [1.29, 1.82) is 0 Å². The third-order valence-electron chi connectivity index (χ3n) is 4.68. The summed E-state index contributed by atoms with van der Waals surface area (Å²) in [6.45, 7) is 5.19. The molecule has 2 aromatic carbocycles. The van der Waals surface area contributed by atoms with Gasteiger partial charge in [-0.1, -0.05) is 38.1 Å². The zero-order valence-electron chi connectivity index (χ0n) is 16.9. The van der Waals surface area contributed by atoms with Crippen molar-refractivity contribution in [3.8, 4) is 0 Å². The van der Waals surface area contributed by atoms with E-state index in [2.05, 4.69) is 5.32 Å². The minimum absolute atomic E-state index is 0.155. The van der Waals surface area contributed by atoms with Crippen molar-refractivity contribution in [1.82, 2.24) is 5.32 Å². The van der Waals surface area contributed by atoms with E-state index >= 15 is 0 Å². The van der Waals surface area contributed by atoms with E-state index in [1.807, 2.05) is 13.0 Å². The van der Waals surface area contributed by atoms with Gasteiger partial charge < -0.3 is 14.5 Å². The van der Waals surface area contributed by atoms with Crippen LogP contribution in [0.1, 0.15) is 35.3 Å². The summed E-state index contributed by atoms with van der Waals surface area (Å²) in [5.74, 6) is -2.36. The Morgan fingerprint density at radius 3 is 2.57 bits per heavy atom. The van der Waals surface area contributed by atoms with E-state index in [9.17, 15) is 18.8 Å². The van der Waals surface area contributed by atoms with Crippen molar-refractivity contribution in [2.75, 3.05) is 0 Å². The van der Waals surface area contributed by atoms with Crippen LogP contribution in [-0.2, 0) is 16.1 Å². The number of carbonyl (C=O) groups is 2. The number of rotatable bonds is 6. The predicted molar refractivity (Wildman–Crippen MR) is 110 cm³/mol. The molecule has 0 aliphatic rings. The molecule has 7 heteroatoms. The molecule has 0 unspecified atom stereocenters. The molecule has 0 aliphatic heterocycles. The number of nitrogens with one attached hydrogen (secondary N) is 1. The molecular formula is C23H22FNO5. The Balaban J connectivity index is 1.76. The van der Waals surface area contributed by atoms with Crippen LogP contribution in [-0.4, -0.2) is 17.9 Å². The maximum Gasteiger partial charge on any atom is 0.336 e. The molecule has 1 N–H and O–H groups in total. The molecule has 0 radical (unpaired) electrons. The van der Waals surface area contributed by atoms with Gasteiger partial charge in [-0.3, -0.25) is 4.79 Å². The lowest BCUT2D eigenvalue weighted by atomic mass is 10.0. The fraction of sp³-hybridized carbons (Fsp3) is 0.261. The number of hydrogen-bond donors (Lipinski definition) is 1. The zero-order valence-corrected chi connectivity index (χ0v) is 16.9. The second-order valence-corrected chi connectivity index (χ2v) is 7.37. The minimum Gasteiger partial charge on any atom is -0.459 e. The van der Waals surface area contributed by atoms with Gasteiger partial charge in [-0.05, 0) is 36.6 Å². The summed E-state index contributed by atoms with van der Waals surface area (Å²) in [5, 5.41) is 3.19. The van der Waals surface area contributed by atoms with E-state index in [-0.39, 0.29) is 18.1 Å². The second-order valence-electron chi connectivity index (χ2n) is 7.37. The number of benzene rings is 2. The van der Waals surface area contributed by atoms with E-state index in [0.29, 0.717) is 16.5 Å². The molecule has 0 spiro atoms. The molecule has 0 aliphatic carbocycles. The van der Waals surface area contributed by atoms with E-state index in [0.717, 1.165) is 5.56 Å². The van der Waals surface area contributed by atoms with Crippen LogP contribution in [0.15, 0.2) is 57.7 Å². The fourth-order valence-corrected chi connectivity index (χ4v) is 3.06. The van der Waals surface area contributed by atoms with Crippen molar-refractivity contribution in [3.05, 3.63) is 81.5 Å². The number of fused-ring (bicyclic) bond motifs is 1. The quantitative estimate of drug-likeness (QED) is 0.493. The van der Waals surface area contributed by atoms with Crippen LogP contribution in [0.4, 0.5) is 4.39 Å². The van der Waals surface area contributed by atoms with Crippen molar-refractivity contribution >= 4 is 22.8 Å². The third-order valence-corrected chi connectivity index (χ3v) is 4.68. The maximum atomic E-state index is 13.9. The summed E-state index contributed by atoms with van der Waals surface area (Å²) in [4.78, 5) is 36.9. The summed E-state index contributed by atoms with van der Waals surface area (Å²) >= 11 is 0. The number of esters is 1. The number of carbonyl (C=O) groups excluding carboxylic acids is 2. The average molecular weight is 411 g/mol. The summed E-state index contributed by atoms with van der Waals surface area (Å²) in [6.07, 6.45) is 0. The lowest BCUT2D eigenvalue weighted by Gasteiger charge is -2.21. The monoisotopic (exact) mass is 411 g/mol. The van der Waals surface area contributed by atoms with Gasteiger partial charge in [-0.15, -0.1) is 0 Å². The number of halogens is 1. The average Bonchev–Trinajstić information content (AvgIpc) is 2.69. The van der Waals surface area contributed by atoms with Gasteiger partial charge in [-0.2, -0.15) is 0 Å². The lowest BCUT2D eigenvalue weighted by Crippen LogP contribution is -2.45. The highest BCUT2D eigenvalue weighted by molar-refractivity contribution is 5.97. The van der Waals surface area contributed by atoms with Crippen LogP contribution >= 0.6 is 0 Å². The smallest absolute Gasteiger partial charge is 0.336 e. The first-order valence-electron chi connectivity index (χ1n) is 9.51. The number of hydrogen-bond acceptors (Lipinski definition) is 5. The summed E-state index contributed by atoms with van der Waals surface area (Å²) in [6, 6.07) is 11.2. The highest BCUT2D eigenvalue weighted by Gasteiger charge is 2.27. The Kier molecular flexibility index (Phi) is 6.30. The van der Waals surface area contributed by atoms with E-state index in [1.54, 1.807) is 26.0 Å². The van der Waals surface area contributed by atoms with Gasteiger partial charge in [0.2, 0.25) is 0 Å². The predicted octanol–water partition coefficient (Wildman–Crippen LogP) is 3.74. The van der Waals surface area contributed by atoms with Gasteiger partial charge in [0.25, 0.3) is 5.91 Å². The molecule has 3 aromatic rings. The van der Waals surface area contributed by atoms with Gasteiger partial charge >= 0.3 is 11.6 Å². The zero-order chi connectivity index (χ0) is 21.8. The van der Waals surface area contributed by atoms with Gasteiger partial charge in [0.15, 0.2) is 0 Å². The molecule has 0 saturated carbocycles. The number of aryl methyl sites for hydroxylation is 1. The van der Waals surface area contributed by atoms with Crippen LogP contribution in [0.25, 0.3) is 11.0 Å². The molecule has 156 valence electrons. The Bertz CT molecular complexity index is 1150. The Hall–Kier alpha value is -3.48. The molecule has 30 heavy (non-hydrogen) atoms. The molecular weight excluding hydrogens is 389 g/mol. The summed E-state index contributed by atoms with van der Waals surface area (Å²) < 4.78 is 24.4. The first kappa shape index (κ1) is 21.2. The molecule has 1 atom stereocenters. The standard InChI is InChI=1S/C23H22FNO5/c1-13(2)21(25-22(27)17-6-4-5-7-18(17)24)23(28)29-12-15-11-20(26)30-19-10-14(3)8-9-16(15)19/h4-11,13,21H,12H2,1-3H3,(H,25,27)/t21-/m0/s1. The first-order valence-corrected chi connectivity index (χ1v) is 9.51. The van der Waals surface area contributed by atoms with Crippen molar-refractivity contribution in [2.24, 2.45) is 5.92 Å². The van der Waals surface area contributed by atoms with Gasteiger partial charge in [0, 0.05) is 17.0 Å². The normalized spacial score (nSPS) is 12.0. The molecule has 0 fully saturated rings. The minimum atomic E-state index is -0.981. The molecule has 1 aromatic heterocycles. The Morgan fingerprint density at radius 1 is 1.13 bits per heavy atom. The highest BCUT2D eigenvalue weighted by atomic mass is 19.1. The maximum absolute atomic E-state index is 13.9. The van der Waals surface area contributed by atoms with Crippen molar-refractivity contribution in [2.45, 2.75) is 33.4 Å². The topological polar surface area (TPSA) is 85.6 Å². The van der Waals surface area contributed by atoms with Crippen molar-refractivity contribution in [3.63, 3.8) is 0 Å². The van der Waals surface area contributed by atoms with E-state index < -0.39 is 29.4 Å². The van der Waals surface area contributed by atoms with Crippen LogP contribution in [0.5, 0.6) is 0 Å². The third kappa shape index (κ3) is 4.74. The number of ether oxygens (including phenoxy) is 1. The highest BCUT2D eigenvalue weighted by Crippen LogP contribution is 2.20. The van der Waals surface area contributed by atoms with Crippen LogP contribution in [0, 0.1) is 18.7 Å². The molecule has 1 amide bonds. The fourth-order valence-electron chi connectivity index (χ4n) is 3.06. The van der Waals surface area contributed by atoms with Crippen LogP contribution in [0.3, 0.4) is 0 Å². The Morgan fingerprint density at radius 2 is 1.87 bits per heavy atom. The second kappa shape index (κ2) is 8.90.